The molecule has 0 radical (unpaired) electrons. The highest BCUT2D eigenvalue weighted by atomic mass is 35.5. The van der Waals surface area contributed by atoms with E-state index < -0.39 is 5.97 Å². The number of aliphatic carboxylic acids is 1. The molecular weight excluding hydrogens is 311 g/mol. The number of carboxylic acids is 1. The topological polar surface area (TPSA) is 37.3 Å². The molecule has 0 aliphatic carbocycles. The SMILES string of the molecule is O=C(O)C=Cc1cc(F)cc(CSc2ccc(Cl)cc2)c1. The molecule has 0 aliphatic heterocycles. The van der Waals surface area contributed by atoms with Crippen LogP contribution in [-0.2, 0) is 10.5 Å². The molecule has 5 heteroatoms. The molecule has 0 unspecified atom stereocenters. The lowest BCUT2D eigenvalue weighted by Gasteiger charge is -2.04. The quantitative estimate of drug-likeness (QED) is 0.630. The molecule has 0 amide bonds. The summed E-state index contributed by atoms with van der Waals surface area (Å²) in [5.74, 6) is -0.849. The van der Waals surface area contributed by atoms with Crippen molar-refractivity contribution >= 4 is 35.4 Å². The fourth-order valence-corrected chi connectivity index (χ4v) is 2.67. The summed E-state index contributed by atoms with van der Waals surface area (Å²) < 4.78 is 13.5. The number of benzene rings is 2. The first-order valence-electron chi connectivity index (χ1n) is 6.12. The Bertz CT molecular complexity index is 668. The minimum Gasteiger partial charge on any atom is -0.478 e. The molecule has 0 fully saturated rings. The summed E-state index contributed by atoms with van der Waals surface area (Å²) in [7, 11) is 0. The van der Waals surface area contributed by atoms with Crippen molar-refractivity contribution in [2.45, 2.75) is 10.6 Å². The first kappa shape index (κ1) is 15.6. The zero-order valence-corrected chi connectivity index (χ0v) is 12.5. The molecule has 0 atom stereocenters. The maximum Gasteiger partial charge on any atom is 0.328 e. The number of rotatable bonds is 5. The van der Waals surface area contributed by atoms with Gasteiger partial charge >= 0.3 is 5.97 Å². The molecule has 108 valence electrons. The Kier molecular flexibility index (Phi) is 5.42. The Hall–Kier alpha value is -1.78. The van der Waals surface area contributed by atoms with Crippen molar-refractivity contribution in [2.24, 2.45) is 0 Å². The molecule has 0 heterocycles. The number of carbonyl (C=O) groups is 1. The van der Waals surface area contributed by atoms with Gasteiger partial charge in [0.2, 0.25) is 0 Å². The van der Waals surface area contributed by atoms with Crippen LogP contribution in [0.5, 0.6) is 0 Å². The molecule has 0 saturated heterocycles. The standard InChI is InChI=1S/C16H12ClFO2S/c17-13-2-4-15(5-3-13)21-10-12-7-11(1-6-16(19)20)8-14(18)9-12/h1-9H,10H2,(H,19,20). The van der Waals surface area contributed by atoms with Gasteiger partial charge in [0.05, 0.1) is 0 Å². The van der Waals surface area contributed by atoms with Crippen LogP contribution in [-0.4, -0.2) is 11.1 Å². The first-order chi connectivity index (χ1) is 10.0. The maximum atomic E-state index is 13.5. The van der Waals surface area contributed by atoms with E-state index in [4.69, 9.17) is 16.7 Å². The average Bonchev–Trinajstić information content (AvgIpc) is 2.44. The smallest absolute Gasteiger partial charge is 0.328 e. The zero-order valence-electron chi connectivity index (χ0n) is 10.9. The molecule has 0 aromatic heterocycles. The van der Waals surface area contributed by atoms with Gasteiger partial charge in [-0.25, -0.2) is 9.18 Å². The number of hydrogen-bond acceptors (Lipinski definition) is 2. The Balaban J connectivity index is 2.09. The molecule has 0 saturated carbocycles. The lowest BCUT2D eigenvalue weighted by Crippen LogP contribution is -1.89. The third-order valence-corrected chi connectivity index (χ3v) is 3.95. The minimum atomic E-state index is -1.06. The van der Waals surface area contributed by atoms with Gasteiger partial charge in [0.1, 0.15) is 5.82 Å². The summed E-state index contributed by atoms with van der Waals surface area (Å²) in [6.07, 6.45) is 2.37. The third-order valence-electron chi connectivity index (χ3n) is 2.62. The molecule has 0 spiro atoms. The van der Waals surface area contributed by atoms with Crippen LogP contribution in [0.1, 0.15) is 11.1 Å². The van der Waals surface area contributed by atoms with Crippen LogP contribution in [0.15, 0.2) is 53.4 Å². The lowest BCUT2D eigenvalue weighted by atomic mass is 10.1. The van der Waals surface area contributed by atoms with E-state index in [2.05, 4.69) is 0 Å². The number of thioether (sulfide) groups is 1. The second-order valence-corrected chi connectivity index (χ2v) is 5.79. The summed E-state index contributed by atoms with van der Waals surface area (Å²) in [5.41, 5.74) is 1.32. The molecule has 2 rings (SSSR count). The van der Waals surface area contributed by atoms with Crippen LogP contribution in [0, 0.1) is 5.82 Å². The average molecular weight is 323 g/mol. The van der Waals surface area contributed by atoms with Crippen LogP contribution in [0.3, 0.4) is 0 Å². The van der Waals surface area contributed by atoms with Gasteiger partial charge in [-0.2, -0.15) is 0 Å². The van der Waals surface area contributed by atoms with Gasteiger partial charge in [0.15, 0.2) is 0 Å². The van der Waals surface area contributed by atoms with E-state index in [0.717, 1.165) is 16.5 Å². The zero-order chi connectivity index (χ0) is 15.2. The molecule has 0 aliphatic rings. The van der Waals surface area contributed by atoms with Gasteiger partial charge in [-0.1, -0.05) is 17.7 Å². The normalized spacial score (nSPS) is 11.0. The fourth-order valence-electron chi connectivity index (χ4n) is 1.72. The van der Waals surface area contributed by atoms with Gasteiger partial charge in [-0.3, -0.25) is 0 Å². The van der Waals surface area contributed by atoms with Crippen molar-refractivity contribution in [2.75, 3.05) is 0 Å². The maximum absolute atomic E-state index is 13.5. The molecule has 0 bridgehead atoms. The van der Waals surface area contributed by atoms with Crippen LogP contribution in [0.2, 0.25) is 5.02 Å². The lowest BCUT2D eigenvalue weighted by molar-refractivity contribution is -0.131. The summed E-state index contributed by atoms with van der Waals surface area (Å²) in [5, 5.41) is 9.26. The van der Waals surface area contributed by atoms with Crippen LogP contribution in [0.25, 0.3) is 6.08 Å². The van der Waals surface area contributed by atoms with Crippen LogP contribution < -0.4 is 0 Å². The van der Waals surface area contributed by atoms with Gasteiger partial charge in [0.25, 0.3) is 0 Å². The number of halogens is 2. The first-order valence-corrected chi connectivity index (χ1v) is 7.48. The van der Waals surface area contributed by atoms with E-state index in [1.165, 1.54) is 18.2 Å². The van der Waals surface area contributed by atoms with Crippen molar-refractivity contribution in [1.29, 1.82) is 0 Å². The van der Waals surface area contributed by atoms with E-state index in [1.807, 2.05) is 12.1 Å². The Labute approximate surface area is 131 Å². The second kappa shape index (κ2) is 7.29. The molecule has 1 N–H and O–H groups in total. The summed E-state index contributed by atoms with van der Waals surface area (Å²) in [6.45, 7) is 0. The molecule has 21 heavy (non-hydrogen) atoms. The molecular formula is C16H12ClFO2S. The van der Waals surface area contributed by atoms with Gasteiger partial charge in [-0.15, -0.1) is 11.8 Å². The van der Waals surface area contributed by atoms with Gasteiger partial charge in [-0.05, 0) is 53.6 Å². The fraction of sp³-hybridized carbons (Fsp3) is 0.0625. The van der Waals surface area contributed by atoms with E-state index in [1.54, 1.807) is 30.0 Å². The summed E-state index contributed by atoms with van der Waals surface area (Å²) in [6, 6.07) is 11.9. The molecule has 2 nitrogen and oxygen atoms in total. The van der Waals surface area contributed by atoms with Crippen molar-refractivity contribution in [3.8, 4) is 0 Å². The number of carboxylic acid groups (broad SMARTS) is 1. The highest BCUT2D eigenvalue weighted by Crippen LogP contribution is 2.25. The third kappa shape index (κ3) is 5.25. The van der Waals surface area contributed by atoms with Crippen LogP contribution in [0.4, 0.5) is 4.39 Å². The van der Waals surface area contributed by atoms with Gasteiger partial charge < -0.3 is 5.11 Å². The van der Waals surface area contributed by atoms with Crippen molar-refractivity contribution in [3.63, 3.8) is 0 Å². The van der Waals surface area contributed by atoms with Crippen molar-refractivity contribution in [3.05, 3.63) is 70.5 Å². The largest absolute Gasteiger partial charge is 0.478 e. The van der Waals surface area contributed by atoms with Crippen LogP contribution >= 0.6 is 23.4 Å². The monoisotopic (exact) mass is 322 g/mol. The highest BCUT2D eigenvalue weighted by molar-refractivity contribution is 7.98. The van der Waals surface area contributed by atoms with Crippen molar-refractivity contribution < 1.29 is 14.3 Å². The van der Waals surface area contributed by atoms with Crippen molar-refractivity contribution in [1.82, 2.24) is 0 Å². The predicted molar refractivity (Wildman–Crippen MR) is 84.1 cm³/mol. The minimum absolute atomic E-state index is 0.380. The van der Waals surface area contributed by atoms with E-state index in [9.17, 15) is 9.18 Å². The Morgan fingerprint density at radius 2 is 1.95 bits per heavy atom. The number of hydrogen-bond donors (Lipinski definition) is 1. The Morgan fingerprint density at radius 1 is 1.24 bits per heavy atom. The summed E-state index contributed by atoms with van der Waals surface area (Å²) >= 11 is 7.37. The molecule has 2 aromatic rings. The Morgan fingerprint density at radius 3 is 2.62 bits per heavy atom. The second-order valence-electron chi connectivity index (χ2n) is 4.31. The van der Waals surface area contributed by atoms with E-state index >= 15 is 0 Å². The summed E-state index contributed by atoms with van der Waals surface area (Å²) in [4.78, 5) is 11.5. The van der Waals surface area contributed by atoms with E-state index in [0.29, 0.717) is 16.3 Å². The predicted octanol–water partition coefficient (Wildman–Crippen LogP) is 4.87. The van der Waals surface area contributed by atoms with E-state index in [-0.39, 0.29) is 5.82 Å². The highest BCUT2D eigenvalue weighted by Gasteiger charge is 2.02. The van der Waals surface area contributed by atoms with Gasteiger partial charge in [0, 0.05) is 21.7 Å². The molecule has 2 aromatic carbocycles.